The maximum atomic E-state index is 6.12. The first kappa shape index (κ1) is 21.8. The van der Waals surface area contributed by atoms with E-state index < -0.39 is 0 Å². The lowest BCUT2D eigenvalue weighted by molar-refractivity contribution is 0.171. The summed E-state index contributed by atoms with van der Waals surface area (Å²) in [5, 5.41) is 4.86. The topological polar surface area (TPSA) is 35.2 Å². The molecule has 2 aromatic carbocycles. The molecular weight excluding hydrogens is 404 g/mol. The third-order valence-electron chi connectivity index (χ3n) is 5.79. The molecule has 0 unspecified atom stereocenters. The number of benzene rings is 2. The Kier molecular flexibility index (Phi) is 6.58. The molecule has 0 N–H and O–H groups in total. The predicted octanol–water partition coefficient (Wildman–Crippen LogP) is 5.72. The number of para-hydroxylation sites is 1. The molecule has 1 aromatic heterocycles. The quantitative estimate of drug-likeness (QED) is 0.463. The average Bonchev–Trinajstić information content (AvgIpc) is 3.08. The number of rotatable bonds is 6. The van der Waals surface area contributed by atoms with Crippen molar-refractivity contribution in [3.63, 3.8) is 0 Å². The zero-order valence-electron chi connectivity index (χ0n) is 18.8. The lowest BCUT2D eigenvalue weighted by Crippen LogP contribution is -2.32. The molecule has 0 spiro atoms. The molecular formula is C25H32N4OS. The zero-order chi connectivity index (χ0) is 21.8. The van der Waals surface area contributed by atoms with Crippen LogP contribution in [0.25, 0.3) is 5.69 Å². The number of ether oxygens (including phenoxy) is 1. The minimum Gasteiger partial charge on any atom is -0.486 e. The number of likely N-dealkylation sites (tertiary alicyclic amines) is 1. The van der Waals surface area contributed by atoms with E-state index >= 15 is 0 Å². The minimum absolute atomic E-state index is 0.124. The van der Waals surface area contributed by atoms with Gasteiger partial charge in [-0.2, -0.15) is 5.10 Å². The van der Waals surface area contributed by atoms with E-state index in [4.69, 9.17) is 22.1 Å². The van der Waals surface area contributed by atoms with Crippen LogP contribution in [0.5, 0.6) is 5.75 Å². The van der Waals surface area contributed by atoms with Crippen LogP contribution in [0.2, 0.25) is 0 Å². The van der Waals surface area contributed by atoms with Crippen molar-refractivity contribution in [1.82, 2.24) is 19.2 Å². The number of aromatic nitrogens is 3. The summed E-state index contributed by atoms with van der Waals surface area (Å²) < 4.78 is 10.8. The van der Waals surface area contributed by atoms with Gasteiger partial charge >= 0.3 is 0 Å². The molecule has 5 nitrogen and oxygen atoms in total. The monoisotopic (exact) mass is 436 g/mol. The fourth-order valence-corrected chi connectivity index (χ4v) is 4.27. The van der Waals surface area contributed by atoms with Gasteiger partial charge in [0.15, 0.2) is 5.82 Å². The van der Waals surface area contributed by atoms with Crippen molar-refractivity contribution in [3.8, 4) is 11.4 Å². The van der Waals surface area contributed by atoms with E-state index in [0.717, 1.165) is 37.0 Å². The molecule has 1 fully saturated rings. The van der Waals surface area contributed by atoms with Gasteiger partial charge in [0, 0.05) is 5.69 Å². The molecule has 6 heteroatoms. The molecule has 1 saturated heterocycles. The third-order valence-corrected chi connectivity index (χ3v) is 6.18. The minimum atomic E-state index is 0.124. The van der Waals surface area contributed by atoms with E-state index in [1.165, 1.54) is 24.8 Å². The maximum absolute atomic E-state index is 6.12. The molecule has 3 aromatic rings. The van der Waals surface area contributed by atoms with Gasteiger partial charge in [-0.25, -0.2) is 4.68 Å². The van der Waals surface area contributed by atoms with Gasteiger partial charge in [0.25, 0.3) is 0 Å². The Morgan fingerprint density at radius 2 is 1.61 bits per heavy atom. The summed E-state index contributed by atoms with van der Waals surface area (Å²) in [5.41, 5.74) is 2.43. The van der Waals surface area contributed by atoms with Crippen molar-refractivity contribution in [2.45, 2.75) is 58.7 Å². The van der Waals surface area contributed by atoms with E-state index in [1.54, 1.807) is 0 Å². The Morgan fingerprint density at radius 3 is 2.26 bits per heavy atom. The predicted molar refractivity (Wildman–Crippen MR) is 127 cm³/mol. The van der Waals surface area contributed by atoms with Gasteiger partial charge in [0.2, 0.25) is 4.77 Å². The Hall–Kier alpha value is -2.44. The lowest BCUT2D eigenvalue weighted by atomic mass is 9.87. The average molecular weight is 437 g/mol. The second-order valence-electron chi connectivity index (χ2n) is 9.25. The number of hydrogen-bond donors (Lipinski definition) is 0. The van der Waals surface area contributed by atoms with Gasteiger partial charge in [-0.05, 0) is 73.4 Å². The highest BCUT2D eigenvalue weighted by atomic mass is 32.1. The van der Waals surface area contributed by atoms with Crippen LogP contribution >= 0.6 is 12.2 Å². The normalized spacial score (nSPS) is 15.2. The van der Waals surface area contributed by atoms with Gasteiger partial charge in [-0.1, -0.05) is 57.5 Å². The zero-order valence-corrected chi connectivity index (χ0v) is 19.6. The molecule has 0 atom stereocenters. The molecule has 2 heterocycles. The molecule has 31 heavy (non-hydrogen) atoms. The molecule has 0 bridgehead atoms. The molecule has 0 radical (unpaired) electrons. The molecule has 164 valence electrons. The van der Waals surface area contributed by atoms with E-state index in [2.05, 4.69) is 49.9 Å². The lowest BCUT2D eigenvalue weighted by Gasteiger charge is -2.25. The van der Waals surface area contributed by atoms with Crippen molar-refractivity contribution < 1.29 is 4.74 Å². The summed E-state index contributed by atoms with van der Waals surface area (Å²) in [7, 11) is 0. The number of piperidine rings is 1. The summed E-state index contributed by atoms with van der Waals surface area (Å²) in [6.45, 7) is 9.94. The largest absolute Gasteiger partial charge is 0.486 e. The summed E-state index contributed by atoms with van der Waals surface area (Å²) in [6.07, 6.45) is 3.80. The van der Waals surface area contributed by atoms with Crippen LogP contribution in [-0.2, 0) is 18.7 Å². The summed E-state index contributed by atoms with van der Waals surface area (Å²) >= 11 is 5.83. The molecule has 4 rings (SSSR count). The van der Waals surface area contributed by atoms with Crippen molar-refractivity contribution in [3.05, 3.63) is 70.8 Å². The number of nitrogens with zero attached hydrogens (tertiary/aromatic N) is 4. The van der Waals surface area contributed by atoms with E-state index in [1.807, 2.05) is 39.6 Å². The second-order valence-corrected chi connectivity index (χ2v) is 9.62. The highest BCUT2D eigenvalue weighted by Crippen LogP contribution is 2.25. The first-order valence-electron chi connectivity index (χ1n) is 11.1. The van der Waals surface area contributed by atoms with Gasteiger partial charge in [0.05, 0.1) is 6.67 Å². The second kappa shape index (κ2) is 9.37. The van der Waals surface area contributed by atoms with E-state index in [0.29, 0.717) is 11.4 Å². The fraction of sp³-hybridized carbons (Fsp3) is 0.440. The van der Waals surface area contributed by atoms with Crippen molar-refractivity contribution >= 4 is 12.2 Å². The first-order valence-corrected chi connectivity index (χ1v) is 11.5. The fourth-order valence-electron chi connectivity index (χ4n) is 3.96. The van der Waals surface area contributed by atoms with Crippen LogP contribution in [0, 0.1) is 4.77 Å². The van der Waals surface area contributed by atoms with Crippen LogP contribution in [-0.4, -0.2) is 32.3 Å². The Labute approximate surface area is 190 Å². The van der Waals surface area contributed by atoms with Crippen molar-refractivity contribution in [1.29, 1.82) is 0 Å². The number of hydrogen-bond acceptors (Lipinski definition) is 4. The van der Waals surface area contributed by atoms with Crippen LogP contribution < -0.4 is 4.74 Å². The van der Waals surface area contributed by atoms with Crippen LogP contribution in [0.4, 0.5) is 0 Å². The van der Waals surface area contributed by atoms with Crippen molar-refractivity contribution in [2.24, 2.45) is 0 Å². The van der Waals surface area contributed by atoms with Gasteiger partial charge in [-0.3, -0.25) is 9.47 Å². The van der Waals surface area contributed by atoms with Gasteiger partial charge in [-0.15, -0.1) is 0 Å². The molecule has 0 saturated carbocycles. The van der Waals surface area contributed by atoms with E-state index in [-0.39, 0.29) is 5.41 Å². The summed E-state index contributed by atoms with van der Waals surface area (Å²) in [6, 6.07) is 18.5. The molecule has 0 aliphatic carbocycles. The highest BCUT2D eigenvalue weighted by molar-refractivity contribution is 7.71. The SMILES string of the molecule is CC(C)(C)c1ccc(OCc2nn(CN3CCCCC3)c(=S)n2-c2ccccc2)cc1. The Morgan fingerprint density at radius 1 is 0.935 bits per heavy atom. The summed E-state index contributed by atoms with van der Waals surface area (Å²) in [5.74, 6) is 1.65. The Bertz CT molecular complexity index is 1040. The van der Waals surface area contributed by atoms with Crippen molar-refractivity contribution in [2.75, 3.05) is 13.1 Å². The van der Waals surface area contributed by atoms with Crippen LogP contribution in [0.3, 0.4) is 0 Å². The maximum Gasteiger partial charge on any atom is 0.203 e. The molecule has 1 aliphatic heterocycles. The van der Waals surface area contributed by atoms with Crippen LogP contribution in [0.1, 0.15) is 51.4 Å². The van der Waals surface area contributed by atoms with Gasteiger partial charge < -0.3 is 4.74 Å². The summed E-state index contributed by atoms with van der Waals surface area (Å²) in [4.78, 5) is 2.43. The first-order chi connectivity index (χ1) is 14.9. The smallest absolute Gasteiger partial charge is 0.203 e. The van der Waals surface area contributed by atoms with Crippen LogP contribution in [0.15, 0.2) is 54.6 Å². The highest BCUT2D eigenvalue weighted by Gasteiger charge is 2.17. The van der Waals surface area contributed by atoms with Gasteiger partial charge in [0.1, 0.15) is 12.4 Å². The third kappa shape index (κ3) is 5.25. The Balaban J connectivity index is 1.58. The molecule has 1 aliphatic rings. The standard InChI is InChI=1S/C25H32N4OS/c1-25(2,3)20-12-14-22(15-13-20)30-18-23-26-28(19-27-16-8-5-9-17-27)24(31)29(23)21-10-6-4-7-11-21/h4,6-7,10-15H,5,8-9,16-19H2,1-3H3. The van der Waals surface area contributed by atoms with E-state index in [9.17, 15) is 0 Å². The molecule has 0 amide bonds.